The smallest absolute Gasteiger partial charge is 0.248 e. The molecular formula is C13H17N3O2S. The van der Waals surface area contributed by atoms with Gasteiger partial charge in [-0.25, -0.2) is 0 Å². The fourth-order valence-electron chi connectivity index (χ4n) is 1.53. The van der Waals surface area contributed by atoms with Crippen LogP contribution in [-0.4, -0.2) is 22.1 Å². The van der Waals surface area contributed by atoms with Gasteiger partial charge in [-0.05, 0) is 24.8 Å². The van der Waals surface area contributed by atoms with E-state index < -0.39 is 0 Å². The molecule has 2 heterocycles. The predicted molar refractivity (Wildman–Crippen MR) is 73.8 cm³/mol. The summed E-state index contributed by atoms with van der Waals surface area (Å²) in [5, 5.41) is 14.7. The van der Waals surface area contributed by atoms with Gasteiger partial charge in [-0.1, -0.05) is 6.92 Å². The van der Waals surface area contributed by atoms with Gasteiger partial charge >= 0.3 is 0 Å². The van der Waals surface area contributed by atoms with Crippen molar-refractivity contribution in [3.63, 3.8) is 0 Å². The van der Waals surface area contributed by atoms with E-state index in [4.69, 9.17) is 4.42 Å². The summed E-state index contributed by atoms with van der Waals surface area (Å²) in [6.07, 6.45) is 1.77. The SMILES string of the molecule is CC[C@@H](C)NC(=O)CCc1nnc(-c2ccsc2)o1. The van der Waals surface area contributed by atoms with Crippen molar-refractivity contribution in [1.82, 2.24) is 15.5 Å². The quantitative estimate of drug-likeness (QED) is 0.882. The topological polar surface area (TPSA) is 68.0 Å². The molecule has 0 saturated carbocycles. The molecule has 0 saturated heterocycles. The van der Waals surface area contributed by atoms with Crippen molar-refractivity contribution in [3.8, 4) is 11.5 Å². The van der Waals surface area contributed by atoms with Gasteiger partial charge in [0.1, 0.15) is 0 Å². The highest BCUT2D eigenvalue weighted by molar-refractivity contribution is 7.08. The van der Waals surface area contributed by atoms with Crippen LogP contribution in [0.2, 0.25) is 0 Å². The molecular weight excluding hydrogens is 262 g/mol. The number of amides is 1. The molecule has 0 aliphatic rings. The minimum atomic E-state index is 0.0182. The van der Waals surface area contributed by atoms with Gasteiger partial charge < -0.3 is 9.73 Å². The van der Waals surface area contributed by atoms with E-state index in [2.05, 4.69) is 15.5 Å². The van der Waals surface area contributed by atoms with E-state index in [1.165, 1.54) is 0 Å². The first-order chi connectivity index (χ1) is 9.19. The van der Waals surface area contributed by atoms with Crippen LogP contribution < -0.4 is 5.32 Å². The van der Waals surface area contributed by atoms with Crippen LogP contribution in [0.25, 0.3) is 11.5 Å². The standard InChI is InChI=1S/C13H17N3O2S/c1-3-9(2)14-11(17)4-5-12-15-16-13(18-12)10-6-7-19-8-10/h6-9H,3-5H2,1-2H3,(H,14,17)/t9-/m1/s1. The summed E-state index contributed by atoms with van der Waals surface area (Å²) in [6, 6.07) is 2.13. The molecule has 1 amide bonds. The minimum absolute atomic E-state index is 0.0182. The molecule has 0 unspecified atom stereocenters. The monoisotopic (exact) mass is 279 g/mol. The number of nitrogens with one attached hydrogen (secondary N) is 1. The zero-order chi connectivity index (χ0) is 13.7. The lowest BCUT2D eigenvalue weighted by molar-refractivity contribution is -0.121. The lowest BCUT2D eigenvalue weighted by Gasteiger charge is -2.10. The van der Waals surface area contributed by atoms with Gasteiger partial charge in [-0.3, -0.25) is 4.79 Å². The predicted octanol–water partition coefficient (Wildman–Crippen LogP) is 2.65. The molecule has 0 spiro atoms. The summed E-state index contributed by atoms with van der Waals surface area (Å²) in [7, 11) is 0. The summed E-state index contributed by atoms with van der Waals surface area (Å²) < 4.78 is 5.51. The van der Waals surface area contributed by atoms with Gasteiger partial charge in [-0.15, -0.1) is 10.2 Å². The molecule has 2 rings (SSSR count). The summed E-state index contributed by atoms with van der Waals surface area (Å²) >= 11 is 1.58. The van der Waals surface area contributed by atoms with Gasteiger partial charge in [0, 0.05) is 29.8 Å². The Balaban J connectivity index is 1.85. The van der Waals surface area contributed by atoms with Gasteiger partial charge in [0.2, 0.25) is 17.7 Å². The van der Waals surface area contributed by atoms with E-state index in [1.807, 2.05) is 30.7 Å². The van der Waals surface area contributed by atoms with Crippen molar-refractivity contribution < 1.29 is 9.21 Å². The molecule has 1 atom stereocenters. The highest BCUT2D eigenvalue weighted by Gasteiger charge is 2.11. The van der Waals surface area contributed by atoms with Gasteiger partial charge in [0.15, 0.2) is 0 Å². The van der Waals surface area contributed by atoms with E-state index >= 15 is 0 Å². The second-order valence-electron chi connectivity index (χ2n) is 4.39. The van der Waals surface area contributed by atoms with Crippen LogP contribution in [0.15, 0.2) is 21.2 Å². The number of carbonyl (C=O) groups excluding carboxylic acids is 1. The van der Waals surface area contributed by atoms with E-state index in [1.54, 1.807) is 11.3 Å². The lowest BCUT2D eigenvalue weighted by Crippen LogP contribution is -2.32. The third kappa shape index (κ3) is 3.89. The van der Waals surface area contributed by atoms with Crippen LogP contribution in [0.3, 0.4) is 0 Å². The maximum atomic E-state index is 11.6. The Morgan fingerprint density at radius 1 is 1.53 bits per heavy atom. The zero-order valence-corrected chi connectivity index (χ0v) is 11.9. The molecule has 0 fully saturated rings. The molecule has 6 heteroatoms. The number of hydrogen-bond acceptors (Lipinski definition) is 5. The second kappa shape index (κ2) is 6.47. The maximum absolute atomic E-state index is 11.6. The molecule has 19 heavy (non-hydrogen) atoms. The number of carbonyl (C=O) groups is 1. The molecule has 0 aliphatic heterocycles. The highest BCUT2D eigenvalue weighted by atomic mass is 32.1. The largest absolute Gasteiger partial charge is 0.421 e. The highest BCUT2D eigenvalue weighted by Crippen LogP contribution is 2.20. The van der Waals surface area contributed by atoms with Crippen molar-refractivity contribution in [2.45, 2.75) is 39.2 Å². The summed E-state index contributed by atoms with van der Waals surface area (Å²) in [4.78, 5) is 11.6. The van der Waals surface area contributed by atoms with E-state index in [0.717, 1.165) is 12.0 Å². The molecule has 0 bridgehead atoms. The average Bonchev–Trinajstić information content (AvgIpc) is 3.06. The number of aromatic nitrogens is 2. The van der Waals surface area contributed by atoms with Crippen LogP contribution in [0, 0.1) is 0 Å². The van der Waals surface area contributed by atoms with E-state index in [0.29, 0.717) is 24.6 Å². The number of hydrogen-bond donors (Lipinski definition) is 1. The fourth-order valence-corrected chi connectivity index (χ4v) is 2.16. The number of nitrogens with zero attached hydrogens (tertiary/aromatic N) is 2. The van der Waals surface area contributed by atoms with Crippen molar-refractivity contribution in [2.24, 2.45) is 0 Å². The summed E-state index contributed by atoms with van der Waals surface area (Å²) in [6.45, 7) is 4.02. The summed E-state index contributed by atoms with van der Waals surface area (Å²) in [5.41, 5.74) is 0.924. The Kier molecular flexibility index (Phi) is 4.68. The Hall–Kier alpha value is -1.69. The molecule has 0 aromatic carbocycles. The first-order valence-electron chi connectivity index (χ1n) is 6.33. The maximum Gasteiger partial charge on any atom is 0.248 e. The van der Waals surface area contributed by atoms with Crippen molar-refractivity contribution in [2.75, 3.05) is 0 Å². The lowest BCUT2D eigenvalue weighted by atomic mass is 10.2. The van der Waals surface area contributed by atoms with Crippen LogP contribution in [-0.2, 0) is 11.2 Å². The second-order valence-corrected chi connectivity index (χ2v) is 5.17. The van der Waals surface area contributed by atoms with E-state index in [-0.39, 0.29) is 11.9 Å². The molecule has 5 nitrogen and oxygen atoms in total. The van der Waals surface area contributed by atoms with Crippen LogP contribution in [0.1, 0.15) is 32.6 Å². The molecule has 0 aliphatic carbocycles. The number of thiophene rings is 1. The Labute approximate surface area is 116 Å². The molecule has 2 aromatic rings. The Bertz CT molecular complexity index is 522. The number of aryl methyl sites for hydroxylation is 1. The minimum Gasteiger partial charge on any atom is -0.421 e. The van der Waals surface area contributed by atoms with Gasteiger partial charge in [0.05, 0.1) is 0 Å². The van der Waals surface area contributed by atoms with Crippen LogP contribution in [0.5, 0.6) is 0 Å². The van der Waals surface area contributed by atoms with Crippen molar-refractivity contribution in [3.05, 3.63) is 22.7 Å². The fraction of sp³-hybridized carbons (Fsp3) is 0.462. The van der Waals surface area contributed by atoms with Crippen LogP contribution >= 0.6 is 11.3 Å². The third-order valence-corrected chi connectivity index (χ3v) is 3.50. The first-order valence-corrected chi connectivity index (χ1v) is 7.27. The van der Waals surface area contributed by atoms with Crippen molar-refractivity contribution >= 4 is 17.2 Å². The molecule has 2 aromatic heterocycles. The third-order valence-electron chi connectivity index (χ3n) is 2.82. The number of rotatable bonds is 6. The Morgan fingerprint density at radius 2 is 2.37 bits per heavy atom. The molecule has 0 radical (unpaired) electrons. The van der Waals surface area contributed by atoms with Crippen molar-refractivity contribution in [1.29, 1.82) is 0 Å². The van der Waals surface area contributed by atoms with Gasteiger partial charge in [-0.2, -0.15) is 11.3 Å². The van der Waals surface area contributed by atoms with E-state index in [9.17, 15) is 4.79 Å². The zero-order valence-electron chi connectivity index (χ0n) is 11.0. The van der Waals surface area contributed by atoms with Gasteiger partial charge in [0.25, 0.3) is 0 Å². The Morgan fingerprint density at radius 3 is 3.05 bits per heavy atom. The molecule has 1 N–H and O–H groups in total. The summed E-state index contributed by atoms with van der Waals surface area (Å²) in [5.74, 6) is 1.03. The average molecular weight is 279 g/mol. The first kappa shape index (κ1) is 13.7. The normalized spacial score (nSPS) is 12.3. The van der Waals surface area contributed by atoms with Crippen LogP contribution in [0.4, 0.5) is 0 Å². The molecule has 102 valence electrons.